The molecule has 3 N–H and O–H groups in total. The number of hydrogen-bond acceptors (Lipinski definition) is 4. The summed E-state index contributed by atoms with van der Waals surface area (Å²) in [6.45, 7) is 2.87. The maximum absolute atomic E-state index is 14.9. The summed E-state index contributed by atoms with van der Waals surface area (Å²) in [4.78, 5) is 26.3. The zero-order valence-electron chi connectivity index (χ0n) is 19.4. The van der Waals surface area contributed by atoms with Crippen LogP contribution in [-0.2, 0) is 11.3 Å². The molecule has 5 rings (SSSR count). The van der Waals surface area contributed by atoms with Crippen LogP contribution in [-0.4, -0.2) is 23.2 Å². The Labute approximate surface area is 202 Å². The van der Waals surface area contributed by atoms with Gasteiger partial charge in [0.05, 0.1) is 12.6 Å². The number of carbonyl (C=O) groups excluding carboxylic acids is 1. The number of nitrogens with two attached hydrogens (primary N) is 1. The van der Waals surface area contributed by atoms with Gasteiger partial charge in [-0.25, -0.2) is 4.39 Å². The Hall–Kier alpha value is -3.97. The van der Waals surface area contributed by atoms with Gasteiger partial charge in [-0.05, 0) is 55.5 Å². The van der Waals surface area contributed by atoms with E-state index in [0.717, 1.165) is 18.4 Å². The highest BCUT2D eigenvalue weighted by Crippen LogP contribution is 2.35. The number of halogens is 1. The maximum Gasteiger partial charge on any atom is 0.260 e. The lowest BCUT2D eigenvalue weighted by atomic mass is 9.98. The number of aromatic nitrogens is 1. The number of aryl methyl sites for hydroxylation is 1. The molecule has 3 aromatic carbocycles. The van der Waals surface area contributed by atoms with Crippen molar-refractivity contribution >= 4 is 28.2 Å². The predicted molar refractivity (Wildman–Crippen MR) is 136 cm³/mol. The Kier molecular flexibility index (Phi) is 6.09. The molecule has 1 amide bonds. The molecule has 178 valence electrons. The molecule has 0 aliphatic carbocycles. The molecule has 0 spiro atoms. The number of benzene rings is 3. The van der Waals surface area contributed by atoms with Gasteiger partial charge in [-0.3, -0.25) is 14.2 Å². The molecule has 1 aromatic heterocycles. The van der Waals surface area contributed by atoms with E-state index in [2.05, 4.69) is 5.32 Å². The highest BCUT2D eigenvalue weighted by molar-refractivity contribution is 6.07. The molecule has 1 aliphatic heterocycles. The number of anilines is 2. The number of nitrogens with one attached hydrogen (secondary N) is 1. The van der Waals surface area contributed by atoms with Crippen molar-refractivity contribution in [2.75, 3.05) is 17.7 Å². The van der Waals surface area contributed by atoms with E-state index in [9.17, 15) is 14.0 Å². The quantitative estimate of drug-likeness (QED) is 0.423. The number of ether oxygens (including phenoxy) is 1. The first-order valence-electron chi connectivity index (χ1n) is 11.6. The van der Waals surface area contributed by atoms with Crippen molar-refractivity contribution in [1.82, 2.24) is 4.57 Å². The fourth-order valence-electron chi connectivity index (χ4n) is 4.57. The van der Waals surface area contributed by atoms with Crippen LogP contribution < -0.4 is 16.6 Å². The van der Waals surface area contributed by atoms with Crippen molar-refractivity contribution in [3.63, 3.8) is 0 Å². The van der Waals surface area contributed by atoms with Gasteiger partial charge in [0.25, 0.3) is 11.5 Å². The summed E-state index contributed by atoms with van der Waals surface area (Å²) in [6, 6.07) is 18.6. The average molecular weight is 472 g/mol. The molecule has 0 radical (unpaired) electrons. The van der Waals surface area contributed by atoms with Gasteiger partial charge in [0.2, 0.25) is 0 Å². The first-order chi connectivity index (χ1) is 16.9. The van der Waals surface area contributed by atoms with E-state index in [1.165, 1.54) is 10.6 Å². The van der Waals surface area contributed by atoms with Crippen LogP contribution in [0.1, 0.15) is 28.8 Å². The molecule has 0 bridgehead atoms. The summed E-state index contributed by atoms with van der Waals surface area (Å²) < 4.78 is 22.1. The minimum atomic E-state index is -0.431. The van der Waals surface area contributed by atoms with Crippen molar-refractivity contribution in [3.05, 3.63) is 94.0 Å². The number of carbonyl (C=O) groups is 1. The molecular formula is C28H26FN3O3. The van der Waals surface area contributed by atoms with E-state index in [0.29, 0.717) is 39.8 Å². The van der Waals surface area contributed by atoms with E-state index in [1.54, 1.807) is 48.5 Å². The second kappa shape index (κ2) is 9.35. The van der Waals surface area contributed by atoms with Crippen molar-refractivity contribution < 1.29 is 13.9 Å². The van der Waals surface area contributed by atoms with Gasteiger partial charge < -0.3 is 15.8 Å². The van der Waals surface area contributed by atoms with Crippen LogP contribution >= 0.6 is 0 Å². The first kappa shape index (κ1) is 22.8. The second-order valence-corrected chi connectivity index (χ2v) is 8.87. The lowest BCUT2D eigenvalue weighted by Crippen LogP contribution is -2.29. The molecule has 7 heteroatoms. The predicted octanol–water partition coefficient (Wildman–Crippen LogP) is 5.13. The number of rotatable bonds is 5. The molecule has 35 heavy (non-hydrogen) atoms. The number of nitrogens with zero attached hydrogens (tertiary/aromatic N) is 1. The van der Waals surface area contributed by atoms with E-state index in [-0.39, 0.29) is 29.9 Å². The third-order valence-corrected chi connectivity index (χ3v) is 6.44. The van der Waals surface area contributed by atoms with Gasteiger partial charge in [-0.2, -0.15) is 0 Å². The average Bonchev–Trinajstić information content (AvgIpc) is 3.37. The van der Waals surface area contributed by atoms with Crippen molar-refractivity contribution in [2.24, 2.45) is 0 Å². The SMILES string of the molecule is Cc1ccc(C(=O)Nc2ccc3c(-c4ccccc4F)c(N)n(CC4CCCO4)c(=O)c3c2)cc1. The van der Waals surface area contributed by atoms with Gasteiger partial charge in [-0.15, -0.1) is 0 Å². The normalized spacial score (nSPS) is 15.4. The molecule has 1 atom stereocenters. The Morgan fingerprint density at radius 1 is 1.11 bits per heavy atom. The van der Waals surface area contributed by atoms with Gasteiger partial charge in [0.1, 0.15) is 11.6 Å². The van der Waals surface area contributed by atoms with Crippen molar-refractivity contribution in [1.29, 1.82) is 0 Å². The van der Waals surface area contributed by atoms with Crippen LogP contribution in [0.4, 0.5) is 15.9 Å². The maximum atomic E-state index is 14.9. The second-order valence-electron chi connectivity index (χ2n) is 8.87. The van der Waals surface area contributed by atoms with Gasteiger partial charge in [-0.1, -0.05) is 42.0 Å². The molecule has 0 saturated carbocycles. The van der Waals surface area contributed by atoms with Crippen LogP contribution in [0.3, 0.4) is 0 Å². The molecule has 2 heterocycles. The highest BCUT2D eigenvalue weighted by Gasteiger charge is 2.23. The zero-order valence-corrected chi connectivity index (χ0v) is 19.4. The zero-order chi connectivity index (χ0) is 24.5. The lowest BCUT2D eigenvalue weighted by Gasteiger charge is -2.20. The van der Waals surface area contributed by atoms with E-state index in [4.69, 9.17) is 10.5 Å². The van der Waals surface area contributed by atoms with Gasteiger partial charge >= 0.3 is 0 Å². The van der Waals surface area contributed by atoms with Crippen LogP contribution in [0, 0.1) is 12.7 Å². The first-order valence-corrected chi connectivity index (χ1v) is 11.6. The van der Waals surface area contributed by atoms with E-state index >= 15 is 0 Å². The number of fused-ring (bicyclic) bond motifs is 1. The van der Waals surface area contributed by atoms with Gasteiger partial charge in [0.15, 0.2) is 0 Å². The summed E-state index contributed by atoms with van der Waals surface area (Å²) in [5.74, 6) is -0.520. The van der Waals surface area contributed by atoms with Crippen LogP contribution in [0.5, 0.6) is 0 Å². The summed E-state index contributed by atoms with van der Waals surface area (Å²) in [7, 11) is 0. The fraction of sp³-hybridized carbons (Fsp3) is 0.214. The summed E-state index contributed by atoms with van der Waals surface area (Å²) >= 11 is 0. The summed E-state index contributed by atoms with van der Waals surface area (Å²) in [6.07, 6.45) is 1.61. The number of amides is 1. The standard InChI is InChI=1S/C28H26FN3O3/c1-17-8-10-18(11-9-17)27(33)31-19-12-13-21-23(15-19)28(34)32(16-20-5-4-14-35-20)26(30)25(21)22-6-2-3-7-24(22)29/h2-3,6-13,15,20H,4-5,14,16,30H2,1H3,(H,31,33). The Morgan fingerprint density at radius 3 is 2.60 bits per heavy atom. The highest BCUT2D eigenvalue weighted by atomic mass is 19.1. The Balaban J connectivity index is 1.64. The fourth-order valence-corrected chi connectivity index (χ4v) is 4.57. The van der Waals surface area contributed by atoms with E-state index in [1.807, 2.05) is 19.1 Å². The minimum absolute atomic E-state index is 0.134. The molecular weight excluding hydrogens is 445 g/mol. The van der Waals surface area contributed by atoms with Gasteiger partial charge in [0, 0.05) is 34.4 Å². The number of pyridine rings is 1. The summed E-state index contributed by atoms with van der Waals surface area (Å²) in [5.41, 5.74) is 8.99. The summed E-state index contributed by atoms with van der Waals surface area (Å²) in [5, 5.41) is 3.73. The number of nitrogen functional groups attached to an aromatic ring is 1. The molecule has 1 fully saturated rings. The lowest BCUT2D eigenvalue weighted by molar-refractivity contribution is 0.0968. The van der Waals surface area contributed by atoms with Crippen molar-refractivity contribution in [2.45, 2.75) is 32.4 Å². The smallest absolute Gasteiger partial charge is 0.260 e. The van der Waals surface area contributed by atoms with Crippen LogP contribution in [0.25, 0.3) is 21.9 Å². The molecule has 1 unspecified atom stereocenters. The molecule has 1 saturated heterocycles. The van der Waals surface area contributed by atoms with E-state index < -0.39 is 5.82 Å². The Morgan fingerprint density at radius 2 is 1.89 bits per heavy atom. The van der Waals surface area contributed by atoms with Crippen LogP contribution in [0.2, 0.25) is 0 Å². The molecule has 1 aliphatic rings. The monoisotopic (exact) mass is 471 g/mol. The number of hydrogen-bond donors (Lipinski definition) is 2. The minimum Gasteiger partial charge on any atom is -0.384 e. The van der Waals surface area contributed by atoms with Crippen molar-refractivity contribution in [3.8, 4) is 11.1 Å². The largest absolute Gasteiger partial charge is 0.384 e. The van der Waals surface area contributed by atoms with Crippen LogP contribution in [0.15, 0.2) is 71.5 Å². The third-order valence-electron chi connectivity index (χ3n) is 6.44. The molecule has 4 aromatic rings. The third kappa shape index (κ3) is 4.42. The topological polar surface area (TPSA) is 86.3 Å². The Bertz CT molecular complexity index is 1470. The molecule has 6 nitrogen and oxygen atoms in total.